The summed E-state index contributed by atoms with van der Waals surface area (Å²) in [6.45, 7) is 2.45. The molecule has 1 saturated carbocycles. The first-order chi connectivity index (χ1) is 13.1. The maximum absolute atomic E-state index is 13.3. The van der Waals surface area contributed by atoms with Gasteiger partial charge in [0.15, 0.2) is 5.69 Å². The molecule has 8 heteroatoms. The SMILES string of the molecule is COc1ccc(-n2nc(C(=O)O)c3c2C(=O)N(C2C4CNCC42)CC3)cc1. The van der Waals surface area contributed by atoms with Gasteiger partial charge in [0.1, 0.15) is 11.4 Å². The third-order valence-electron chi connectivity index (χ3n) is 5.98. The smallest absolute Gasteiger partial charge is 0.356 e. The Kier molecular flexibility index (Phi) is 3.51. The van der Waals surface area contributed by atoms with Gasteiger partial charge in [-0.05, 0) is 42.5 Å². The molecule has 0 radical (unpaired) electrons. The number of nitrogens with zero attached hydrogens (tertiary/aromatic N) is 3. The molecule has 2 aromatic rings. The van der Waals surface area contributed by atoms with Crippen LogP contribution in [0.4, 0.5) is 0 Å². The first-order valence-corrected chi connectivity index (χ1v) is 9.11. The van der Waals surface area contributed by atoms with Crippen LogP contribution in [-0.2, 0) is 6.42 Å². The number of carboxylic acids is 1. The van der Waals surface area contributed by atoms with Crippen molar-refractivity contribution in [3.63, 3.8) is 0 Å². The fourth-order valence-electron chi connectivity index (χ4n) is 4.59. The molecule has 0 spiro atoms. The van der Waals surface area contributed by atoms with Crippen LogP contribution in [-0.4, -0.2) is 64.4 Å². The fraction of sp³-hybridized carbons (Fsp3) is 0.421. The fourth-order valence-corrected chi connectivity index (χ4v) is 4.59. The van der Waals surface area contributed by atoms with Crippen LogP contribution in [0.5, 0.6) is 5.75 Å². The van der Waals surface area contributed by atoms with Crippen molar-refractivity contribution in [3.8, 4) is 11.4 Å². The van der Waals surface area contributed by atoms with Gasteiger partial charge in [-0.15, -0.1) is 0 Å². The highest BCUT2D eigenvalue weighted by atomic mass is 16.5. The Hall–Kier alpha value is -2.87. The van der Waals surface area contributed by atoms with Crippen LogP contribution < -0.4 is 10.1 Å². The van der Waals surface area contributed by atoms with E-state index in [1.807, 2.05) is 4.90 Å². The van der Waals surface area contributed by atoms with Crippen LogP contribution in [0.2, 0.25) is 0 Å². The normalized spacial score (nSPS) is 25.9. The number of nitrogens with one attached hydrogen (secondary N) is 1. The molecule has 5 rings (SSSR count). The summed E-state index contributed by atoms with van der Waals surface area (Å²) in [4.78, 5) is 26.9. The van der Waals surface area contributed by atoms with Gasteiger partial charge in [-0.3, -0.25) is 4.79 Å². The maximum Gasteiger partial charge on any atom is 0.356 e. The molecule has 3 aliphatic rings. The van der Waals surface area contributed by atoms with E-state index in [9.17, 15) is 14.7 Å². The summed E-state index contributed by atoms with van der Waals surface area (Å²) in [6.07, 6.45) is 0.516. The lowest BCUT2D eigenvalue weighted by Gasteiger charge is -2.29. The van der Waals surface area contributed by atoms with Crippen molar-refractivity contribution in [1.29, 1.82) is 0 Å². The number of carbonyl (C=O) groups excluding carboxylic acids is 1. The zero-order valence-electron chi connectivity index (χ0n) is 14.9. The van der Waals surface area contributed by atoms with Gasteiger partial charge in [0.25, 0.3) is 5.91 Å². The van der Waals surface area contributed by atoms with E-state index in [1.54, 1.807) is 31.4 Å². The van der Waals surface area contributed by atoms with Crippen LogP contribution in [0.3, 0.4) is 0 Å². The third kappa shape index (κ3) is 2.36. The quantitative estimate of drug-likeness (QED) is 0.829. The number of piperidine rings is 1. The third-order valence-corrected chi connectivity index (χ3v) is 5.98. The van der Waals surface area contributed by atoms with E-state index in [0.29, 0.717) is 47.5 Å². The molecule has 3 heterocycles. The van der Waals surface area contributed by atoms with Gasteiger partial charge < -0.3 is 20.1 Å². The molecule has 1 aromatic heterocycles. The second-order valence-corrected chi connectivity index (χ2v) is 7.32. The summed E-state index contributed by atoms with van der Waals surface area (Å²) in [5.74, 6) is 0.502. The van der Waals surface area contributed by atoms with Gasteiger partial charge in [-0.25, -0.2) is 9.48 Å². The Morgan fingerprint density at radius 2 is 1.96 bits per heavy atom. The van der Waals surface area contributed by atoms with Gasteiger partial charge in [0.05, 0.1) is 12.8 Å². The summed E-state index contributed by atoms with van der Waals surface area (Å²) < 4.78 is 6.65. The average Bonchev–Trinajstić information content (AvgIpc) is 3.02. The molecule has 2 unspecified atom stereocenters. The molecule has 1 aromatic carbocycles. The first kappa shape index (κ1) is 16.3. The van der Waals surface area contributed by atoms with Gasteiger partial charge in [0, 0.05) is 31.2 Å². The number of ether oxygens (including phenoxy) is 1. The number of fused-ring (bicyclic) bond motifs is 2. The van der Waals surface area contributed by atoms with Gasteiger partial charge in [-0.1, -0.05) is 0 Å². The second kappa shape index (κ2) is 5.82. The number of methoxy groups -OCH3 is 1. The molecule has 1 aliphatic carbocycles. The number of carbonyl (C=O) groups is 2. The molecule has 2 atom stereocenters. The summed E-state index contributed by atoms with van der Waals surface area (Å²) in [5, 5.41) is 17.2. The van der Waals surface area contributed by atoms with E-state index in [-0.39, 0.29) is 17.6 Å². The summed E-state index contributed by atoms with van der Waals surface area (Å²) in [5.41, 5.74) is 1.52. The monoisotopic (exact) mass is 368 g/mol. The minimum absolute atomic E-state index is 0.0357. The predicted molar refractivity (Wildman–Crippen MR) is 95.5 cm³/mol. The van der Waals surface area contributed by atoms with E-state index < -0.39 is 5.97 Å². The van der Waals surface area contributed by atoms with Gasteiger partial charge >= 0.3 is 5.97 Å². The Morgan fingerprint density at radius 3 is 2.59 bits per heavy atom. The van der Waals surface area contributed by atoms with E-state index in [2.05, 4.69) is 10.4 Å². The molecule has 1 amide bonds. The van der Waals surface area contributed by atoms with Gasteiger partial charge in [0.2, 0.25) is 0 Å². The van der Waals surface area contributed by atoms with Crippen molar-refractivity contribution in [3.05, 3.63) is 41.2 Å². The van der Waals surface area contributed by atoms with E-state index in [1.165, 1.54) is 4.68 Å². The van der Waals surface area contributed by atoms with Crippen LogP contribution in [0.25, 0.3) is 5.69 Å². The molecular formula is C19H20N4O4. The average molecular weight is 368 g/mol. The number of benzene rings is 1. The van der Waals surface area contributed by atoms with Gasteiger partial charge in [-0.2, -0.15) is 5.10 Å². The van der Waals surface area contributed by atoms with E-state index in [0.717, 1.165) is 13.1 Å². The molecule has 2 fully saturated rings. The lowest BCUT2D eigenvalue weighted by atomic mass is 10.0. The number of hydrogen-bond acceptors (Lipinski definition) is 5. The minimum atomic E-state index is -1.10. The number of amides is 1. The lowest BCUT2D eigenvalue weighted by molar-refractivity contribution is 0.0687. The van der Waals surface area contributed by atoms with Crippen LogP contribution in [0.15, 0.2) is 24.3 Å². The molecule has 140 valence electrons. The van der Waals surface area contributed by atoms with Crippen molar-refractivity contribution in [2.75, 3.05) is 26.7 Å². The van der Waals surface area contributed by atoms with Crippen LogP contribution in [0.1, 0.15) is 26.5 Å². The highest BCUT2D eigenvalue weighted by Crippen LogP contribution is 2.47. The first-order valence-electron chi connectivity index (χ1n) is 9.11. The Morgan fingerprint density at radius 1 is 1.26 bits per heavy atom. The molecule has 0 bridgehead atoms. The molecule has 1 saturated heterocycles. The van der Waals surface area contributed by atoms with Crippen molar-refractivity contribution in [1.82, 2.24) is 20.0 Å². The lowest BCUT2D eigenvalue weighted by Crippen LogP contribution is -2.43. The minimum Gasteiger partial charge on any atom is -0.497 e. The van der Waals surface area contributed by atoms with Crippen molar-refractivity contribution < 1.29 is 19.4 Å². The highest BCUT2D eigenvalue weighted by molar-refractivity contribution is 6.00. The molecule has 8 nitrogen and oxygen atoms in total. The topological polar surface area (TPSA) is 96.7 Å². The highest BCUT2D eigenvalue weighted by Gasteiger charge is 2.58. The Labute approximate surface area is 155 Å². The standard InChI is InChI=1S/C19H20N4O4/c1-27-11-4-2-10(3-5-11)23-17-12(15(21-23)19(25)26)6-7-22(18(17)24)16-13-8-20-9-14(13)16/h2-5,13-14,16,20H,6-9H2,1H3,(H,25,26). The van der Waals surface area contributed by atoms with Crippen molar-refractivity contribution >= 4 is 11.9 Å². The number of rotatable bonds is 4. The summed E-state index contributed by atoms with van der Waals surface area (Å²) in [6, 6.07) is 7.36. The van der Waals surface area contributed by atoms with Crippen LogP contribution >= 0.6 is 0 Å². The summed E-state index contributed by atoms with van der Waals surface area (Å²) >= 11 is 0. The maximum atomic E-state index is 13.3. The Balaban J connectivity index is 1.57. The predicted octanol–water partition coefficient (Wildman–Crippen LogP) is 0.795. The summed E-state index contributed by atoms with van der Waals surface area (Å²) in [7, 11) is 1.58. The molecule has 27 heavy (non-hydrogen) atoms. The Bertz CT molecular complexity index is 926. The molecule has 2 aliphatic heterocycles. The van der Waals surface area contributed by atoms with Crippen molar-refractivity contribution in [2.24, 2.45) is 11.8 Å². The van der Waals surface area contributed by atoms with Crippen LogP contribution in [0, 0.1) is 11.8 Å². The molecule has 2 N–H and O–H groups in total. The zero-order valence-corrected chi connectivity index (χ0v) is 14.9. The largest absolute Gasteiger partial charge is 0.497 e. The second-order valence-electron chi connectivity index (χ2n) is 7.32. The molecular weight excluding hydrogens is 348 g/mol. The number of aromatic carboxylic acids is 1. The number of hydrogen-bond donors (Lipinski definition) is 2. The number of aromatic nitrogens is 2. The number of carboxylic acid groups (broad SMARTS) is 1. The zero-order chi connectivity index (χ0) is 18.7. The van der Waals surface area contributed by atoms with E-state index >= 15 is 0 Å². The van der Waals surface area contributed by atoms with E-state index in [4.69, 9.17) is 4.74 Å². The van der Waals surface area contributed by atoms with Crippen molar-refractivity contribution in [2.45, 2.75) is 12.5 Å².